The summed E-state index contributed by atoms with van der Waals surface area (Å²) in [6.45, 7) is 5.46. The van der Waals surface area contributed by atoms with E-state index >= 15 is 0 Å². The summed E-state index contributed by atoms with van der Waals surface area (Å²) in [5.74, 6) is -3.36. The molecule has 0 spiro atoms. The van der Waals surface area contributed by atoms with Gasteiger partial charge in [-0.2, -0.15) is 13.2 Å². The number of halogens is 3. The number of amides is 3. The molecule has 0 bridgehead atoms. The summed E-state index contributed by atoms with van der Waals surface area (Å²) in [5.41, 5.74) is 4.72. The molecular weight excluding hydrogens is 607 g/mol. The van der Waals surface area contributed by atoms with E-state index in [2.05, 4.69) is 25.4 Å². The van der Waals surface area contributed by atoms with Crippen molar-refractivity contribution in [1.29, 1.82) is 0 Å². The van der Waals surface area contributed by atoms with Gasteiger partial charge in [-0.15, -0.1) is 5.06 Å². The first kappa shape index (κ1) is 31.7. The lowest BCUT2D eigenvalue weighted by atomic mass is 10.0. The van der Waals surface area contributed by atoms with Gasteiger partial charge in [0.2, 0.25) is 5.91 Å². The molecule has 3 heterocycles. The van der Waals surface area contributed by atoms with Crippen LogP contribution in [0.5, 0.6) is 0 Å². The first-order chi connectivity index (χ1) is 21.3. The van der Waals surface area contributed by atoms with Gasteiger partial charge < -0.3 is 25.4 Å². The van der Waals surface area contributed by atoms with E-state index < -0.39 is 27.0 Å². The number of fused-ring (bicyclic) bond motifs is 1. The summed E-state index contributed by atoms with van der Waals surface area (Å²) in [7, 11) is -1.71. The zero-order valence-electron chi connectivity index (χ0n) is 24.7. The largest absolute Gasteiger partial charge is 0.492 e. The zero-order valence-corrected chi connectivity index (χ0v) is 25.7. The quantitative estimate of drug-likeness (QED) is 0.221. The van der Waals surface area contributed by atoms with Crippen LogP contribution in [-0.2, 0) is 14.4 Å². The highest BCUT2D eigenvalue weighted by molar-refractivity contribution is 6.60. The predicted molar refractivity (Wildman–Crippen MR) is 162 cm³/mol. The molecule has 14 heteroatoms. The molecule has 10 nitrogen and oxygen atoms in total. The number of aromatic nitrogens is 1. The molecule has 1 fully saturated rings. The number of rotatable bonds is 7. The molecule has 5 rings (SSSR count). The zero-order chi connectivity index (χ0) is 32.5. The summed E-state index contributed by atoms with van der Waals surface area (Å²) in [5, 5.41) is 6.73. The van der Waals surface area contributed by atoms with Gasteiger partial charge in [0.25, 0.3) is 11.8 Å². The lowest BCUT2D eigenvalue weighted by Crippen LogP contribution is -2.52. The lowest BCUT2D eigenvalue weighted by molar-refractivity contribution is -0.236. The third-order valence-electron chi connectivity index (χ3n) is 7.69. The molecule has 3 aromatic rings. The molecule has 3 amide bonds. The summed E-state index contributed by atoms with van der Waals surface area (Å²) in [6, 6.07) is 14.9. The Hall–Kier alpha value is -4.69. The highest BCUT2D eigenvalue weighted by Crippen LogP contribution is 2.35. The molecule has 1 atom stereocenters. The molecule has 45 heavy (non-hydrogen) atoms. The van der Waals surface area contributed by atoms with Crippen molar-refractivity contribution in [2.45, 2.75) is 45.5 Å². The van der Waals surface area contributed by atoms with Crippen molar-refractivity contribution in [3.05, 3.63) is 87.7 Å². The number of nitrogens with one attached hydrogen (secondary N) is 4. The van der Waals surface area contributed by atoms with Gasteiger partial charge in [-0.3, -0.25) is 14.4 Å². The monoisotopic (exact) mass is 638 g/mol. The summed E-state index contributed by atoms with van der Waals surface area (Å²) in [4.78, 5) is 61.1. The van der Waals surface area contributed by atoms with E-state index in [1.54, 1.807) is 38.1 Å². The fraction of sp³-hybridized carbons (Fsp3) is 0.290. The van der Waals surface area contributed by atoms with Crippen molar-refractivity contribution < 1.29 is 37.2 Å². The maximum Gasteiger partial charge on any atom is 0.492 e. The van der Waals surface area contributed by atoms with E-state index in [9.17, 15) is 32.3 Å². The number of aromatic amines is 1. The molecule has 2 aliphatic rings. The number of carbonyl (C=O) groups is 4. The summed E-state index contributed by atoms with van der Waals surface area (Å²) in [6.07, 6.45) is -3.01. The van der Waals surface area contributed by atoms with Gasteiger partial charge in [0.15, 0.2) is 8.96 Å². The van der Waals surface area contributed by atoms with E-state index in [1.807, 2.05) is 37.3 Å². The highest BCUT2D eigenvalue weighted by Gasteiger charge is 2.43. The third-order valence-corrected chi connectivity index (χ3v) is 9.96. The van der Waals surface area contributed by atoms with E-state index in [0.717, 1.165) is 10.6 Å². The second kappa shape index (κ2) is 12.7. The first-order valence-corrected chi connectivity index (χ1v) is 16.2. The maximum absolute atomic E-state index is 13.3. The second-order valence-electron chi connectivity index (χ2n) is 10.9. The predicted octanol–water partition coefficient (Wildman–Crippen LogP) is 4.60. The van der Waals surface area contributed by atoms with Crippen LogP contribution >= 0.6 is 0 Å². The summed E-state index contributed by atoms with van der Waals surface area (Å²) < 4.78 is 37.9. The number of anilines is 1. The Morgan fingerprint density at radius 3 is 2.53 bits per heavy atom. The van der Waals surface area contributed by atoms with Gasteiger partial charge in [0.1, 0.15) is 0 Å². The number of hydrogen-bond acceptors (Lipinski definition) is 6. The van der Waals surface area contributed by atoms with Crippen LogP contribution in [-0.4, -0.2) is 61.6 Å². The number of H-pyrrole nitrogens is 1. The maximum atomic E-state index is 13.3. The summed E-state index contributed by atoms with van der Waals surface area (Å²) >= 11 is 0. The number of alkyl halides is 3. The Morgan fingerprint density at radius 2 is 1.82 bits per heavy atom. The van der Waals surface area contributed by atoms with Crippen LogP contribution < -0.4 is 15.6 Å². The average molecular weight is 639 g/mol. The Bertz CT molecular complexity index is 1690. The molecule has 2 aliphatic heterocycles. The van der Waals surface area contributed by atoms with Crippen molar-refractivity contribution in [2.75, 3.05) is 18.0 Å². The lowest BCUT2D eigenvalue weighted by Gasteiger charge is -2.30. The first-order valence-electron chi connectivity index (χ1n) is 14.2. The number of nitrogens with zero attached hydrogens (tertiary/aromatic N) is 1. The van der Waals surface area contributed by atoms with Gasteiger partial charge in [-0.25, -0.2) is 4.79 Å². The van der Waals surface area contributed by atoms with E-state index in [4.69, 9.17) is 0 Å². The van der Waals surface area contributed by atoms with Crippen molar-refractivity contribution in [2.24, 2.45) is 0 Å². The number of hydroxylamine groups is 2. The molecule has 4 N–H and O–H groups in total. The SMILES string of the molecule is Cc1[nH]c(/C=C2\C(=O)Nc3ccc(C(=O)N[C@H](C)c4ccccc4)cc32)c(C)c1C(=O)N[Si]1CCCN(OC(=O)C(F)(F)F)C1. The van der Waals surface area contributed by atoms with Crippen LogP contribution in [0.25, 0.3) is 11.6 Å². The van der Waals surface area contributed by atoms with Crippen LogP contribution in [0.15, 0.2) is 48.5 Å². The van der Waals surface area contributed by atoms with E-state index in [1.165, 1.54) is 0 Å². The molecular formula is C31H31F3N5O5Si. The Morgan fingerprint density at radius 1 is 1.09 bits per heavy atom. The van der Waals surface area contributed by atoms with Gasteiger partial charge in [0, 0.05) is 40.9 Å². The standard InChI is InChI=1S/C31H31F3N5O5Si/c1-17-25(35-19(3)26(17)29(42)38-45-13-7-12-39(16-45)44-30(43)31(32,33)34)15-23-22-14-21(10-11-24(22)37-28(23)41)27(40)36-18(2)20-8-5-4-6-9-20/h4-6,8-11,14-15,18,35H,7,12-13,16H2,1-3H3,(H,36,40)(H,37,41)(H,38,42)/b23-15-/t18-/m1/s1. The Labute approximate surface area is 258 Å². The number of hydrogen-bond donors (Lipinski definition) is 4. The number of carbonyl (C=O) groups excluding carboxylic acids is 4. The smallest absolute Gasteiger partial charge is 0.377 e. The normalized spacial score (nSPS) is 17.0. The number of aryl methyl sites for hydroxylation is 1. The topological polar surface area (TPSA) is 133 Å². The Balaban J connectivity index is 1.32. The van der Waals surface area contributed by atoms with Crippen LogP contribution in [0.1, 0.15) is 68.2 Å². The van der Waals surface area contributed by atoms with Crippen molar-refractivity contribution >= 4 is 50.0 Å². The average Bonchev–Trinajstić information content (AvgIpc) is 3.46. The van der Waals surface area contributed by atoms with Gasteiger partial charge in [-0.05, 0) is 68.6 Å². The molecule has 1 aromatic heterocycles. The van der Waals surface area contributed by atoms with Crippen LogP contribution in [0, 0.1) is 13.8 Å². The minimum atomic E-state index is -5.11. The molecule has 235 valence electrons. The van der Waals surface area contributed by atoms with Crippen molar-refractivity contribution in [3.63, 3.8) is 0 Å². The van der Waals surface area contributed by atoms with Gasteiger partial charge in [-0.1, -0.05) is 30.3 Å². The fourth-order valence-electron chi connectivity index (χ4n) is 5.39. The second-order valence-corrected chi connectivity index (χ2v) is 13.2. The molecule has 0 saturated carbocycles. The minimum Gasteiger partial charge on any atom is -0.377 e. The molecule has 1 saturated heterocycles. The van der Waals surface area contributed by atoms with Crippen molar-refractivity contribution in [3.8, 4) is 0 Å². The molecule has 1 radical (unpaired) electrons. The third kappa shape index (κ3) is 7.02. The fourth-order valence-corrected chi connectivity index (χ4v) is 7.43. The molecule has 0 aliphatic carbocycles. The van der Waals surface area contributed by atoms with Crippen molar-refractivity contribution in [1.82, 2.24) is 20.3 Å². The van der Waals surface area contributed by atoms with E-state index in [-0.39, 0.29) is 30.6 Å². The van der Waals surface area contributed by atoms with Crippen LogP contribution in [0.3, 0.4) is 0 Å². The van der Waals surface area contributed by atoms with Crippen LogP contribution in [0.4, 0.5) is 18.9 Å². The van der Waals surface area contributed by atoms with Gasteiger partial charge >= 0.3 is 12.1 Å². The number of benzene rings is 2. The van der Waals surface area contributed by atoms with Gasteiger partial charge in [0.05, 0.1) is 17.2 Å². The molecule has 2 aromatic carbocycles. The minimum absolute atomic E-state index is 0.00858. The molecule has 0 unspecified atom stereocenters. The Kier molecular flexibility index (Phi) is 8.98. The highest BCUT2D eigenvalue weighted by atomic mass is 28.3. The van der Waals surface area contributed by atoms with Crippen LogP contribution in [0.2, 0.25) is 6.04 Å². The van der Waals surface area contributed by atoms with E-state index in [0.29, 0.717) is 57.4 Å².